The Morgan fingerprint density at radius 3 is 0.677 bits per heavy atom. The molecule has 4 fully saturated rings. The van der Waals surface area contributed by atoms with E-state index in [0.29, 0.717) is 37.0 Å². The van der Waals surface area contributed by atoms with Crippen molar-refractivity contribution in [2.75, 3.05) is 0 Å². The van der Waals surface area contributed by atoms with Gasteiger partial charge in [0.1, 0.15) is 0 Å². The second-order valence-electron chi connectivity index (χ2n) is 42.0. The summed E-state index contributed by atoms with van der Waals surface area (Å²) in [5, 5.41) is 5.82. The van der Waals surface area contributed by atoms with Crippen LogP contribution in [0.1, 0.15) is 263 Å². The van der Waals surface area contributed by atoms with E-state index in [1.54, 1.807) is 19.5 Å². The van der Waals surface area contributed by atoms with Crippen molar-refractivity contribution in [1.29, 1.82) is 0 Å². The molecule has 0 atom stereocenters. The van der Waals surface area contributed by atoms with E-state index in [1.807, 2.05) is 19.1 Å². The molecule has 0 saturated heterocycles. The van der Waals surface area contributed by atoms with Crippen molar-refractivity contribution in [2.24, 2.45) is 16.2 Å². The molecule has 0 bridgehead atoms. The van der Waals surface area contributed by atoms with Crippen LogP contribution in [0, 0.1) is 64.7 Å². The Balaban J connectivity index is 0.000000162. The minimum Gasteiger partial charge on any atom is -0.171 e. The first-order chi connectivity index (χ1) is 63.3. The van der Waals surface area contributed by atoms with Crippen molar-refractivity contribution < 1.29 is 26.3 Å². The Kier molecular flexibility index (Phi) is 39.3. The Bertz CT molecular complexity index is 5250. The molecule has 0 unspecified atom stereocenters. The zero-order chi connectivity index (χ0) is 96.4. The van der Waals surface area contributed by atoms with E-state index in [1.165, 1.54) is 206 Å². The first kappa shape index (κ1) is 107. The largest absolute Gasteiger partial charge is 0.394 e. The van der Waals surface area contributed by atoms with Gasteiger partial charge in [0.05, 0.1) is 18.9 Å². The zero-order valence-corrected chi connectivity index (χ0v) is 89.7. The summed E-state index contributed by atoms with van der Waals surface area (Å²) in [6, 6.07) is 110. The molecule has 16 rings (SSSR count). The van der Waals surface area contributed by atoms with E-state index in [2.05, 4.69) is 393 Å². The van der Waals surface area contributed by atoms with Crippen LogP contribution in [-0.4, -0.2) is 47.0 Å². The van der Waals surface area contributed by atoms with Gasteiger partial charge in [-0.3, -0.25) is 0 Å². The first-order valence-electron chi connectivity index (χ1n) is 50.4. The van der Waals surface area contributed by atoms with Crippen LogP contribution < -0.4 is 14.0 Å². The predicted molar refractivity (Wildman–Crippen MR) is 574 cm³/mol. The normalized spacial score (nSPS) is 18.2. The van der Waals surface area contributed by atoms with Crippen LogP contribution in [0.25, 0.3) is 55.6 Å². The predicted octanol–water partition coefficient (Wildman–Crippen LogP) is 37.5. The molecule has 0 N–H and O–H groups in total. The smallest absolute Gasteiger partial charge is 0.171 e. The van der Waals surface area contributed by atoms with Crippen molar-refractivity contribution in [3.8, 4) is 55.6 Å². The fourth-order valence-corrected chi connectivity index (χ4v) is 33.7. The number of hydrogen-bond acceptors (Lipinski definition) is 0. The molecular formula is C124H158F6Ge2Si. The van der Waals surface area contributed by atoms with E-state index in [0.717, 1.165) is 23.0 Å². The summed E-state index contributed by atoms with van der Waals surface area (Å²) in [4.78, 5) is 0. The van der Waals surface area contributed by atoms with Crippen LogP contribution in [-0.2, 0) is 0 Å². The van der Waals surface area contributed by atoms with Gasteiger partial charge in [0.15, 0.2) is 0 Å². The molecule has 0 radical (unpaired) electrons. The van der Waals surface area contributed by atoms with Crippen LogP contribution in [0.15, 0.2) is 291 Å². The molecule has 0 nitrogen and oxygen atoms in total. The van der Waals surface area contributed by atoms with Gasteiger partial charge < -0.3 is 0 Å². The van der Waals surface area contributed by atoms with Crippen molar-refractivity contribution in [1.82, 2.24) is 0 Å². The van der Waals surface area contributed by atoms with Crippen LogP contribution >= 0.6 is 0 Å². The van der Waals surface area contributed by atoms with E-state index in [-0.39, 0.29) is 31.6 Å². The van der Waals surface area contributed by atoms with Gasteiger partial charge >= 0.3 is 246 Å². The second kappa shape index (κ2) is 49.0. The van der Waals surface area contributed by atoms with Gasteiger partial charge in [-0.05, 0) is 209 Å². The maximum Gasteiger partial charge on any atom is 0.394 e. The molecule has 708 valence electrons. The van der Waals surface area contributed by atoms with Gasteiger partial charge in [0.25, 0.3) is 0 Å². The van der Waals surface area contributed by atoms with Gasteiger partial charge in [-0.15, -0.1) is 0 Å². The van der Waals surface area contributed by atoms with Crippen LogP contribution in [0.5, 0.6) is 0 Å². The van der Waals surface area contributed by atoms with Crippen molar-refractivity contribution >= 4 is 48.6 Å². The van der Waals surface area contributed by atoms with E-state index < -0.39 is 57.8 Å². The summed E-state index contributed by atoms with van der Waals surface area (Å²) in [6.45, 7) is 36.6. The third-order valence-electron chi connectivity index (χ3n) is 31.1. The van der Waals surface area contributed by atoms with E-state index in [9.17, 15) is 26.3 Å². The molecule has 133 heavy (non-hydrogen) atoms. The molecule has 0 spiro atoms. The molecule has 12 aromatic carbocycles. The molecule has 4 aliphatic rings. The Morgan fingerprint density at radius 1 is 0.256 bits per heavy atom. The van der Waals surface area contributed by atoms with Crippen molar-refractivity contribution in [3.63, 3.8) is 0 Å². The van der Waals surface area contributed by atoms with Gasteiger partial charge in [0, 0.05) is 0 Å². The fraction of sp³-hybridized carbons (Fsp3) is 0.419. The van der Waals surface area contributed by atoms with Gasteiger partial charge in [0.2, 0.25) is 0 Å². The average Bonchev–Trinajstić information content (AvgIpc) is 0.789. The maximum absolute atomic E-state index is 13.1. The Labute approximate surface area is 807 Å². The number of halogens is 6. The van der Waals surface area contributed by atoms with Crippen molar-refractivity contribution in [3.05, 3.63) is 352 Å². The van der Waals surface area contributed by atoms with Crippen LogP contribution in [0.3, 0.4) is 0 Å². The SMILES string of the molecule is CC[Si](CC)(CC)c1ccc(-c2ccc(C)cc2)cc1.C[CH2][Ge]([CH2]C)([CH2]C)[c]1ccc(-c2ccc(C)cc2)cc1.Cc1ccc(-c2cc[c]([Ge]([CH3])([CH3])[CH3])cc2)cc1.Cc1ccc(-c2ccc(C3CCC(C)(C(F)(F)F)CC3)cc2)cc1.Cc1ccc(-c2ccc(C3CCC(C)(C)CC3)cc2)cc1.Cc1ccc(C2CCC(C)(C(F)(F)F)CC2)cc1.Cc1ccc(C2CCCCC2)cc1. The molecule has 0 amide bonds. The van der Waals surface area contributed by atoms with Crippen molar-refractivity contribution in [2.45, 2.75) is 314 Å². The molecular weight excluding hydrogens is 1780 g/mol. The summed E-state index contributed by atoms with van der Waals surface area (Å²) in [7, 11) is -1.23. The molecule has 0 aromatic heterocycles. The van der Waals surface area contributed by atoms with E-state index >= 15 is 0 Å². The van der Waals surface area contributed by atoms with Gasteiger partial charge in [-0.1, -0.05) is 313 Å². The molecule has 4 saturated carbocycles. The quantitative estimate of drug-likeness (QED) is 0.0593. The maximum atomic E-state index is 13.1. The minimum absolute atomic E-state index is 0.223. The third kappa shape index (κ3) is 30.3. The molecule has 0 heterocycles. The Morgan fingerprint density at radius 2 is 0.451 bits per heavy atom. The van der Waals surface area contributed by atoms with E-state index in [4.69, 9.17) is 0 Å². The standard InChI is InChI=1S/C21H23F3.C21H26.C19H26Ge.C19H26Si.C16H20Ge.C15H19F3.C13H18/c1-15-3-5-16(6-4-15)17-7-9-18(10-8-17)19-11-13-20(2,14-12-19)21(22,23)24;1-16-4-6-17(7-5-16)18-8-10-19(11-9-18)20-12-14-21(2,3)15-13-20;2*1-5-20(6-2,7-3)19-14-12-18(13-15-19)17-10-8-16(4)9-11-17;1-13-5-7-14(8-6-13)15-9-11-16(12-10-15)17(2,3)4;1-11-3-5-12(6-4-11)13-7-9-14(2,10-8-13)15(16,17)18;1-11-7-9-13(10-8-11)12-5-3-2-4-6-12/h3-10,19H,11-14H2,1-2H3;4-11,20H,12-15H2,1-3H3;2*8-15H,5-7H2,1-4H3;5-12H,1-4H3;3-6,13H,7-10H2,1-2H3;7-10,12H,2-6H2,1H3. The average molecular weight is 1940 g/mol. The van der Waals surface area contributed by atoms with Gasteiger partial charge in [-0.2, -0.15) is 26.3 Å². The number of aryl methyl sites for hydroxylation is 7. The molecule has 9 heteroatoms. The fourth-order valence-electron chi connectivity index (χ4n) is 20.1. The summed E-state index contributed by atoms with van der Waals surface area (Å²) >= 11 is -3.43. The molecule has 12 aromatic rings. The van der Waals surface area contributed by atoms with Gasteiger partial charge in [-0.25, -0.2) is 0 Å². The number of rotatable bonds is 18. The number of benzene rings is 12. The first-order valence-corrected chi connectivity index (χ1v) is 65.9. The summed E-state index contributed by atoms with van der Waals surface area (Å²) in [5.41, 5.74) is 25.0. The monoisotopic (exact) mass is 1940 g/mol. The number of alkyl halides is 6. The zero-order valence-electron chi connectivity index (χ0n) is 84.6. The topological polar surface area (TPSA) is 0 Å². The van der Waals surface area contributed by atoms with Crippen LogP contribution in [0.2, 0.25) is 51.2 Å². The second-order valence-corrected chi connectivity index (χ2v) is 68.9. The summed E-state index contributed by atoms with van der Waals surface area (Å²) in [6.07, 6.45) is 7.80. The van der Waals surface area contributed by atoms with Crippen LogP contribution in [0.4, 0.5) is 26.3 Å². The molecule has 0 aliphatic heterocycles. The summed E-state index contributed by atoms with van der Waals surface area (Å²) in [5.74, 6) is 9.45. The minimum atomic E-state index is -4.09. The number of hydrogen-bond donors (Lipinski definition) is 0. The molecule has 4 aliphatic carbocycles. The third-order valence-corrected chi connectivity index (χ3v) is 52.8. The summed E-state index contributed by atoms with van der Waals surface area (Å²) < 4.78 is 81.3. The Hall–Kier alpha value is -8.48.